The van der Waals surface area contributed by atoms with Gasteiger partial charge in [0.15, 0.2) is 0 Å². The van der Waals surface area contributed by atoms with Crippen molar-refractivity contribution >= 4 is 28.9 Å². The van der Waals surface area contributed by atoms with Crippen molar-refractivity contribution in [1.29, 1.82) is 0 Å². The van der Waals surface area contributed by atoms with Crippen LogP contribution in [0.4, 0.5) is 9.18 Å². The molecular formula is C19H28FN3O2S. The summed E-state index contributed by atoms with van der Waals surface area (Å²) in [7, 11) is 0. The number of rotatable bonds is 5. The third-order valence-corrected chi connectivity index (χ3v) is 4.51. The Balaban J connectivity index is 1.99. The average Bonchev–Trinajstić information content (AvgIpc) is 2.83. The number of hydrogen-bond acceptors (Lipinski definition) is 4. The van der Waals surface area contributed by atoms with Gasteiger partial charge in [0.1, 0.15) is 11.4 Å². The molecule has 0 spiro atoms. The molecule has 0 saturated carbocycles. The quantitative estimate of drug-likeness (QED) is 0.653. The van der Waals surface area contributed by atoms with E-state index in [4.69, 9.17) is 4.74 Å². The molecular weight excluding hydrogens is 353 g/mol. The van der Waals surface area contributed by atoms with E-state index in [1.54, 1.807) is 6.07 Å². The number of H-pyrrole nitrogens is 1. The Labute approximate surface area is 158 Å². The van der Waals surface area contributed by atoms with Crippen molar-refractivity contribution < 1.29 is 13.9 Å². The molecule has 0 bridgehead atoms. The Bertz CT molecular complexity index is 775. The largest absolute Gasteiger partial charge is 0.444 e. The number of aromatic nitrogens is 1. The van der Waals surface area contributed by atoms with E-state index in [1.165, 1.54) is 18.0 Å². The van der Waals surface area contributed by atoms with Gasteiger partial charge in [0.05, 0.1) is 4.90 Å². The molecule has 0 radical (unpaired) electrons. The van der Waals surface area contributed by atoms with E-state index < -0.39 is 11.7 Å². The third-order valence-electron chi connectivity index (χ3n) is 3.26. The van der Waals surface area contributed by atoms with E-state index in [0.717, 1.165) is 16.6 Å². The lowest BCUT2D eigenvalue weighted by Crippen LogP contribution is -2.33. The molecule has 1 aromatic carbocycles. The van der Waals surface area contributed by atoms with Crippen molar-refractivity contribution in [2.24, 2.45) is 0 Å². The van der Waals surface area contributed by atoms with Crippen LogP contribution in [-0.2, 0) is 11.2 Å². The first-order valence-electron chi connectivity index (χ1n) is 8.65. The number of carbonyl (C=O) groups is 1. The first-order chi connectivity index (χ1) is 11.9. The second-order valence-corrected chi connectivity index (χ2v) is 9.15. The molecule has 0 aliphatic heterocycles. The molecule has 26 heavy (non-hydrogen) atoms. The molecule has 2 rings (SSSR count). The zero-order valence-electron chi connectivity index (χ0n) is 16.2. The van der Waals surface area contributed by atoms with Gasteiger partial charge >= 0.3 is 6.09 Å². The molecule has 2 aromatic rings. The zero-order valence-corrected chi connectivity index (χ0v) is 17.1. The molecule has 0 unspecified atom stereocenters. The molecule has 3 N–H and O–H groups in total. The summed E-state index contributed by atoms with van der Waals surface area (Å²) in [6.07, 6.45) is 0.171. The van der Waals surface area contributed by atoms with Gasteiger partial charge in [-0.15, -0.1) is 0 Å². The van der Waals surface area contributed by atoms with Gasteiger partial charge in [-0.25, -0.2) is 9.18 Å². The molecule has 0 fully saturated rings. The minimum Gasteiger partial charge on any atom is -0.444 e. The van der Waals surface area contributed by atoms with E-state index in [0.29, 0.717) is 17.9 Å². The molecule has 5 nitrogen and oxygen atoms in total. The van der Waals surface area contributed by atoms with Crippen LogP contribution >= 0.6 is 11.9 Å². The van der Waals surface area contributed by atoms with Crippen molar-refractivity contribution in [3.63, 3.8) is 0 Å². The lowest BCUT2D eigenvalue weighted by molar-refractivity contribution is 0.0528. The summed E-state index contributed by atoms with van der Waals surface area (Å²) in [4.78, 5) is 15.5. The monoisotopic (exact) mass is 381 g/mol. The van der Waals surface area contributed by atoms with Gasteiger partial charge in [-0.05, 0) is 71.7 Å². The Hall–Kier alpha value is -1.73. The van der Waals surface area contributed by atoms with E-state index in [2.05, 4.69) is 15.0 Å². The summed E-state index contributed by atoms with van der Waals surface area (Å²) in [5, 5.41) is 3.54. The van der Waals surface area contributed by atoms with Crippen LogP contribution < -0.4 is 10.0 Å². The number of halogens is 1. The summed E-state index contributed by atoms with van der Waals surface area (Å²) < 4.78 is 22.7. The topological polar surface area (TPSA) is 66.2 Å². The van der Waals surface area contributed by atoms with Crippen molar-refractivity contribution in [3.05, 3.63) is 29.7 Å². The highest BCUT2D eigenvalue weighted by atomic mass is 32.2. The number of hydrogen-bond donors (Lipinski definition) is 3. The van der Waals surface area contributed by atoms with Gasteiger partial charge in [-0.3, -0.25) is 4.72 Å². The normalized spacial score (nSPS) is 12.4. The van der Waals surface area contributed by atoms with Gasteiger partial charge in [0.25, 0.3) is 0 Å². The highest BCUT2D eigenvalue weighted by molar-refractivity contribution is 7.97. The van der Waals surface area contributed by atoms with Crippen LogP contribution in [0.1, 0.15) is 47.2 Å². The second kappa shape index (κ2) is 7.88. The standard InChI is InChI=1S/C19H28FN3O2S/c1-18(2,3)23-26-16-11-15-12(10-14(16)20)9-13(22-15)7-8-21-17(24)25-19(4,5)6/h9-11,22-23H,7-8H2,1-6H3,(H,21,24). The summed E-state index contributed by atoms with van der Waals surface area (Å²) >= 11 is 1.29. The molecule has 7 heteroatoms. The lowest BCUT2D eigenvalue weighted by Gasteiger charge is -2.19. The van der Waals surface area contributed by atoms with Crippen molar-refractivity contribution in [2.75, 3.05) is 6.54 Å². The van der Waals surface area contributed by atoms with Crippen molar-refractivity contribution in [1.82, 2.24) is 15.0 Å². The first kappa shape index (κ1) is 20.6. The van der Waals surface area contributed by atoms with Crippen LogP contribution in [0.5, 0.6) is 0 Å². The van der Waals surface area contributed by atoms with Crippen LogP contribution in [0.15, 0.2) is 23.1 Å². The van der Waals surface area contributed by atoms with Crippen molar-refractivity contribution in [2.45, 2.75) is 64.0 Å². The lowest BCUT2D eigenvalue weighted by atomic mass is 10.1. The maximum Gasteiger partial charge on any atom is 0.407 e. The molecule has 0 atom stereocenters. The maximum absolute atomic E-state index is 14.3. The number of ether oxygens (including phenoxy) is 1. The van der Waals surface area contributed by atoms with Gasteiger partial charge < -0.3 is 15.0 Å². The fourth-order valence-corrected chi connectivity index (χ4v) is 2.98. The number of fused-ring (bicyclic) bond motifs is 1. The van der Waals surface area contributed by atoms with Gasteiger partial charge in [0, 0.05) is 35.1 Å². The van der Waals surface area contributed by atoms with E-state index in [1.807, 2.05) is 47.6 Å². The molecule has 0 aliphatic carbocycles. The number of nitrogens with one attached hydrogen (secondary N) is 3. The average molecular weight is 382 g/mol. The first-order valence-corrected chi connectivity index (χ1v) is 9.47. The van der Waals surface area contributed by atoms with E-state index in [-0.39, 0.29) is 11.4 Å². The van der Waals surface area contributed by atoms with Crippen LogP contribution in [0, 0.1) is 5.82 Å². The SMILES string of the molecule is CC(C)(C)NSc1cc2[nH]c(CCNC(=O)OC(C)(C)C)cc2cc1F. The predicted octanol–water partition coefficient (Wildman–Crippen LogP) is 4.77. The second-order valence-electron chi connectivity index (χ2n) is 8.30. The third kappa shape index (κ3) is 6.53. The number of amides is 1. The molecule has 1 amide bonds. The Morgan fingerprint density at radius 3 is 2.50 bits per heavy atom. The highest BCUT2D eigenvalue weighted by Gasteiger charge is 2.16. The number of alkyl carbamates (subject to hydrolysis) is 1. The number of aromatic amines is 1. The zero-order chi connectivity index (χ0) is 19.5. The van der Waals surface area contributed by atoms with Crippen molar-refractivity contribution in [3.8, 4) is 0 Å². The summed E-state index contributed by atoms with van der Waals surface area (Å²) in [6.45, 7) is 12.0. The van der Waals surface area contributed by atoms with E-state index in [9.17, 15) is 9.18 Å². The molecule has 1 heterocycles. The van der Waals surface area contributed by atoms with E-state index >= 15 is 0 Å². The summed E-state index contributed by atoms with van der Waals surface area (Å²) in [6, 6.07) is 5.24. The molecule has 0 saturated heterocycles. The molecule has 0 aliphatic rings. The minimum atomic E-state index is -0.516. The molecule has 1 aromatic heterocycles. The maximum atomic E-state index is 14.3. The fraction of sp³-hybridized carbons (Fsp3) is 0.526. The predicted molar refractivity (Wildman–Crippen MR) is 105 cm³/mol. The summed E-state index contributed by atoms with van der Waals surface area (Å²) in [5.41, 5.74) is 1.18. The number of benzene rings is 1. The smallest absolute Gasteiger partial charge is 0.407 e. The van der Waals surface area contributed by atoms with Gasteiger partial charge in [0.2, 0.25) is 0 Å². The Morgan fingerprint density at radius 2 is 1.88 bits per heavy atom. The van der Waals surface area contributed by atoms with Crippen LogP contribution in [0.25, 0.3) is 10.9 Å². The fourth-order valence-electron chi connectivity index (χ4n) is 2.23. The van der Waals surface area contributed by atoms with Gasteiger partial charge in [-0.1, -0.05) is 0 Å². The Kier molecular flexibility index (Phi) is 6.24. The highest BCUT2D eigenvalue weighted by Crippen LogP contribution is 2.27. The van der Waals surface area contributed by atoms with Crippen LogP contribution in [-0.4, -0.2) is 28.8 Å². The van der Waals surface area contributed by atoms with Gasteiger partial charge in [-0.2, -0.15) is 0 Å². The Morgan fingerprint density at radius 1 is 1.19 bits per heavy atom. The summed E-state index contributed by atoms with van der Waals surface area (Å²) in [5.74, 6) is -0.253. The van der Waals surface area contributed by atoms with Crippen LogP contribution in [0.3, 0.4) is 0 Å². The molecule has 144 valence electrons. The number of carbonyl (C=O) groups excluding carboxylic acids is 1. The van der Waals surface area contributed by atoms with Crippen LogP contribution in [0.2, 0.25) is 0 Å². The minimum absolute atomic E-state index is 0.111.